The minimum atomic E-state index is -1.26. The van der Waals surface area contributed by atoms with Gasteiger partial charge in [-0.15, -0.1) is 0 Å². The van der Waals surface area contributed by atoms with Gasteiger partial charge in [-0.1, -0.05) is 43.7 Å². The number of ether oxygens (including phenoxy) is 2. The smallest absolute Gasteiger partial charge is 0.328 e. The van der Waals surface area contributed by atoms with Crippen molar-refractivity contribution in [3.63, 3.8) is 0 Å². The highest BCUT2D eigenvalue weighted by Crippen LogP contribution is 2.22. The molecule has 15 heteroatoms. The van der Waals surface area contributed by atoms with Crippen molar-refractivity contribution in [2.24, 2.45) is 0 Å². The molecular formula is C26H44N4O11. The Kier molecular flexibility index (Phi) is 16.8. The number of amides is 1. The standard InChI is InChI=1S/C26H44N4O11/c1-2-9-21(24(31)28-15-6-12-23(28)26(33)39-17-8-19-41-30(36)37)27-22(14-13-20-10-4-3-5-11-20)25(32)38-16-7-18-40-29(34)35/h3-5,10-11,21-23,25,27,32,34-37H,2,6-9,12-19H2,1H3. The zero-order valence-electron chi connectivity index (χ0n) is 23.4. The summed E-state index contributed by atoms with van der Waals surface area (Å²) in [5, 5.41) is 47.8. The van der Waals surface area contributed by atoms with Crippen LogP contribution in [-0.4, -0.2) is 111 Å². The van der Waals surface area contributed by atoms with E-state index in [0.29, 0.717) is 45.1 Å². The largest absolute Gasteiger partial charge is 0.464 e. The summed E-state index contributed by atoms with van der Waals surface area (Å²) in [4.78, 5) is 36.9. The summed E-state index contributed by atoms with van der Waals surface area (Å²) in [5.74, 6) is -0.798. The Morgan fingerprint density at radius 3 is 2.29 bits per heavy atom. The number of nitrogens with one attached hydrogen (secondary N) is 1. The molecule has 4 unspecified atom stereocenters. The minimum absolute atomic E-state index is 0.00733. The second-order valence-electron chi connectivity index (χ2n) is 9.64. The van der Waals surface area contributed by atoms with Crippen molar-refractivity contribution in [2.45, 2.75) is 82.7 Å². The SMILES string of the molecule is CCCC(NC(CCc1ccccc1)C(O)OCCCON(O)O)C(=O)N1CCCC1C(=O)OCCCON(O)O. The fraction of sp³-hybridized carbons (Fsp3) is 0.692. The molecule has 0 radical (unpaired) electrons. The summed E-state index contributed by atoms with van der Waals surface area (Å²) in [6.45, 7) is 2.29. The predicted molar refractivity (Wildman–Crippen MR) is 140 cm³/mol. The highest BCUT2D eigenvalue weighted by Gasteiger charge is 2.39. The zero-order chi connectivity index (χ0) is 30.0. The topological polar surface area (TPSA) is 194 Å². The first-order chi connectivity index (χ1) is 19.7. The van der Waals surface area contributed by atoms with Crippen LogP contribution in [0.15, 0.2) is 30.3 Å². The molecule has 1 aromatic rings. The maximum absolute atomic E-state index is 13.7. The maximum atomic E-state index is 13.7. The Morgan fingerprint density at radius 2 is 1.66 bits per heavy atom. The van der Waals surface area contributed by atoms with Gasteiger partial charge in [-0.2, -0.15) is 0 Å². The molecule has 0 saturated carbocycles. The molecule has 1 saturated heterocycles. The van der Waals surface area contributed by atoms with Crippen LogP contribution < -0.4 is 5.32 Å². The fourth-order valence-corrected chi connectivity index (χ4v) is 4.58. The third-order valence-electron chi connectivity index (χ3n) is 6.55. The van der Waals surface area contributed by atoms with Crippen LogP contribution >= 0.6 is 0 Å². The molecule has 0 bridgehead atoms. The molecule has 41 heavy (non-hydrogen) atoms. The van der Waals surface area contributed by atoms with E-state index in [9.17, 15) is 14.7 Å². The molecule has 1 aromatic carbocycles. The molecule has 15 nitrogen and oxygen atoms in total. The molecule has 2 rings (SSSR count). The number of benzene rings is 1. The van der Waals surface area contributed by atoms with Crippen molar-refractivity contribution in [1.29, 1.82) is 0 Å². The van der Waals surface area contributed by atoms with Gasteiger partial charge in [0.2, 0.25) is 5.91 Å². The molecule has 1 amide bonds. The van der Waals surface area contributed by atoms with E-state index in [1.807, 2.05) is 37.3 Å². The number of hydrogen-bond donors (Lipinski definition) is 6. The lowest BCUT2D eigenvalue weighted by atomic mass is 10.0. The molecule has 0 spiro atoms. The van der Waals surface area contributed by atoms with E-state index in [1.54, 1.807) is 0 Å². The average Bonchev–Trinajstić information content (AvgIpc) is 3.44. The van der Waals surface area contributed by atoms with Gasteiger partial charge in [0.1, 0.15) is 6.04 Å². The number of hydrogen-bond acceptors (Lipinski definition) is 14. The highest BCUT2D eigenvalue weighted by atomic mass is 17.1. The van der Waals surface area contributed by atoms with E-state index in [-0.39, 0.29) is 45.2 Å². The van der Waals surface area contributed by atoms with Crippen molar-refractivity contribution < 1.29 is 54.7 Å². The Morgan fingerprint density at radius 1 is 1.00 bits per heavy atom. The minimum Gasteiger partial charge on any atom is -0.464 e. The van der Waals surface area contributed by atoms with Crippen LogP contribution in [0.3, 0.4) is 0 Å². The first-order valence-electron chi connectivity index (χ1n) is 13.9. The maximum Gasteiger partial charge on any atom is 0.328 e. The van der Waals surface area contributed by atoms with E-state index >= 15 is 0 Å². The van der Waals surface area contributed by atoms with Crippen molar-refractivity contribution in [3.05, 3.63) is 35.9 Å². The number of carbonyl (C=O) groups is 2. The van der Waals surface area contributed by atoms with Gasteiger partial charge < -0.3 is 19.5 Å². The van der Waals surface area contributed by atoms with E-state index in [1.165, 1.54) is 4.90 Å². The molecule has 1 heterocycles. The van der Waals surface area contributed by atoms with Gasteiger partial charge in [-0.25, -0.2) is 4.79 Å². The Labute approximate surface area is 239 Å². The van der Waals surface area contributed by atoms with Crippen LogP contribution in [0.1, 0.15) is 57.4 Å². The first-order valence-corrected chi connectivity index (χ1v) is 13.9. The number of rotatable bonds is 21. The number of carbonyl (C=O) groups excluding carboxylic acids is 2. The van der Waals surface area contributed by atoms with Gasteiger partial charge in [-0.3, -0.25) is 40.6 Å². The molecule has 4 atom stereocenters. The van der Waals surface area contributed by atoms with Crippen molar-refractivity contribution in [2.75, 3.05) is 33.0 Å². The van der Waals surface area contributed by atoms with Crippen LogP contribution in [0.4, 0.5) is 0 Å². The van der Waals surface area contributed by atoms with E-state index in [0.717, 1.165) is 5.56 Å². The number of aryl methyl sites for hydroxylation is 1. The van der Waals surface area contributed by atoms with Gasteiger partial charge in [0.25, 0.3) is 0 Å². The Bertz CT molecular complexity index is 865. The van der Waals surface area contributed by atoms with Crippen LogP contribution in [0.2, 0.25) is 0 Å². The van der Waals surface area contributed by atoms with Gasteiger partial charge in [0, 0.05) is 13.0 Å². The summed E-state index contributed by atoms with van der Waals surface area (Å²) < 4.78 is 10.9. The molecular weight excluding hydrogens is 544 g/mol. The second-order valence-corrected chi connectivity index (χ2v) is 9.64. The molecule has 0 aliphatic carbocycles. The lowest BCUT2D eigenvalue weighted by Crippen LogP contribution is -2.55. The zero-order valence-corrected chi connectivity index (χ0v) is 23.4. The molecule has 1 fully saturated rings. The molecule has 0 aromatic heterocycles. The average molecular weight is 589 g/mol. The second kappa shape index (κ2) is 19.8. The van der Waals surface area contributed by atoms with Gasteiger partial charge in [0.05, 0.1) is 49.3 Å². The summed E-state index contributed by atoms with van der Waals surface area (Å²) in [7, 11) is 0. The van der Waals surface area contributed by atoms with Crippen LogP contribution in [0.25, 0.3) is 0 Å². The van der Waals surface area contributed by atoms with Crippen molar-refractivity contribution in [3.8, 4) is 0 Å². The quantitative estimate of drug-likeness (QED) is 0.0522. The van der Waals surface area contributed by atoms with Crippen LogP contribution in [-0.2, 0) is 35.2 Å². The Hall–Kier alpha value is -2.28. The normalized spacial score (nSPS) is 17.7. The van der Waals surface area contributed by atoms with Crippen LogP contribution in [0.5, 0.6) is 0 Å². The van der Waals surface area contributed by atoms with Gasteiger partial charge >= 0.3 is 5.97 Å². The van der Waals surface area contributed by atoms with Crippen molar-refractivity contribution in [1.82, 2.24) is 21.0 Å². The number of nitrogens with zero attached hydrogens (tertiary/aromatic N) is 3. The third-order valence-corrected chi connectivity index (χ3v) is 6.55. The molecule has 6 N–H and O–H groups in total. The number of aliphatic hydroxyl groups is 1. The summed E-state index contributed by atoms with van der Waals surface area (Å²) in [6.07, 6.45) is 2.58. The van der Waals surface area contributed by atoms with Crippen LogP contribution in [0, 0.1) is 0 Å². The molecule has 234 valence electrons. The predicted octanol–water partition coefficient (Wildman–Crippen LogP) is 1.42. The summed E-state index contributed by atoms with van der Waals surface area (Å²) in [6, 6.07) is 7.68. The summed E-state index contributed by atoms with van der Waals surface area (Å²) >= 11 is 0. The highest BCUT2D eigenvalue weighted by molar-refractivity contribution is 5.88. The third kappa shape index (κ3) is 13.5. The number of esters is 1. The van der Waals surface area contributed by atoms with E-state index in [4.69, 9.17) is 30.3 Å². The summed E-state index contributed by atoms with van der Waals surface area (Å²) in [5.41, 5.74) is 1.06. The molecule has 1 aliphatic rings. The van der Waals surface area contributed by atoms with Gasteiger partial charge in [-0.05, 0) is 44.1 Å². The lowest BCUT2D eigenvalue weighted by molar-refractivity contribution is -0.493. The first kappa shape index (κ1) is 34.9. The van der Waals surface area contributed by atoms with E-state index in [2.05, 4.69) is 15.0 Å². The Balaban J connectivity index is 2.03. The van der Waals surface area contributed by atoms with Crippen molar-refractivity contribution >= 4 is 11.9 Å². The van der Waals surface area contributed by atoms with E-state index < -0.39 is 41.2 Å². The fourth-order valence-electron chi connectivity index (χ4n) is 4.58. The molecule has 1 aliphatic heterocycles. The lowest BCUT2D eigenvalue weighted by Gasteiger charge is -2.32. The monoisotopic (exact) mass is 588 g/mol. The van der Waals surface area contributed by atoms with Gasteiger partial charge in [0.15, 0.2) is 6.29 Å². The number of aliphatic hydroxyl groups excluding tert-OH is 1. The number of likely N-dealkylation sites (tertiary alicyclic amines) is 1.